The summed E-state index contributed by atoms with van der Waals surface area (Å²) >= 11 is 12.5. The minimum Gasteiger partial charge on any atom is -0.383 e. The van der Waals surface area contributed by atoms with E-state index in [0.29, 0.717) is 37.4 Å². The molecule has 8 heteroatoms. The second-order valence-electron chi connectivity index (χ2n) is 6.58. The summed E-state index contributed by atoms with van der Waals surface area (Å²) in [7, 11) is 3.17. The molecular formula is C22H22Cl2N2O4. The highest BCUT2D eigenvalue weighted by Gasteiger charge is 2.43. The number of imide groups is 1. The maximum atomic E-state index is 13.6. The van der Waals surface area contributed by atoms with Gasteiger partial charge in [0.05, 0.1) is 34.5 Å². The lowest BCUT2D eigenvalue weighted by Gasteiger charge is -2.26. The molecule has 0 aromatic heterocycles. The molecule has 30 heavy (non-hydrogen) atoms. The quantitative estimate of drug-likeness (QED) is 0.544. The molecule has 158 valence electrons. The molecule has 0 spiro atoms. The van der Waals surface area contributed by atoms with E-state index < -0.39 is 11.8 Å². The van der Waals surface area contributed by atoms with Crippen LogP contribution in [0.4, 0.5) is 5.69 Å². The molecule has 0 atom stereocenters. The van der Waals surface area contributed by atoms with E-state index in [9.17, 15) is 9.59 Å². The number of hydrogen-bond acceptors (Lipinski definition) is 5. The van der Waals surface area contributed by atoms with Crippen molar-refractivity contribution in [2.45, 2.75) is 0 Å². The molecule has 0 unspecified atom stereocenters. The van der Waals surface area contributed by atoms with E-state index in [-0.39, 0.29) is 21.4 Å². The number of methoxy groups -OCH3 is 2. The number of ether oxygens (including phenoxy) is 2. The van der Waals surface area contributed by atoms with Crippen molar-refractivity contribution in [3.05, 3.63) is 69.8 Å². The SMILES string of the molecule is COCCN(CCOC)C1=C(c2ccccc2)C(=O)N(c2cccc(Cl)c2Cl)C1=O. The van der Waals surface area contributed by atoms with Crippen molar-refractivity contribution in [1.29, 1.82) is 0 Å². The average Bonchev–Trinajstić information content (AvgIpc) is 3.01. The first-order valence-corrected chi connectivity index (χ1v) is 10.1. The lowest BCUT2D eigenvalue weighted by atomic mass is 10.0. The number of carbonyl (C=O) groups excluding carboxylic acids is 2. The zero-order valence-electron chi connectivity index (χ0n) is 16.7. The van der Waals surface area contributed by atoms with E-state index in [1.54, 1.807) is 44.6 Å². The molecule has 2 aromatic rings. The molecule has 0 fully saturated rings. The van der Waals surface area contributed by atoms with Crippen LogP contribution in [0.15, 0.2) is 54.2 Å². The Morgan fingerprint density at radius 3 is 2.10 bits per heavy atom. The predicted octanol–water partition coefficient (Wildman–Crippen LogP) is 3.87. The lowest BCUT2D eigenvalue weighted by molar-refractivity contribution is -0.120. The monoisotopic (exact) mass is 448 g/mol. The average molecular weight is 449 g/mol. The Bertz CT molecular complexity index is 955. The van der Waals surface area contributed by atoms with Gasteiger partial charge in [0.1, 0.15) is 5.70 Å². The standard InChI is InChI=1S/C22H22Cl2N2O4/c1-29-13-11-25(12-14-30-2)20-18(15-7-4-3-5-8-15)21(27)26(22(20)28)17-10-6-9-16(23)19(17)24/h3-10H,11-14H2,1-2H3. The predicted molar refractivity (Wildman–Crippen MR) is 118 cm³/mol. The minimum atomic E-state index is -0.463. The van der Waals surface area contributed by atoms with Crippen LogP contribution in [0.1, 0.15) is 5.56 Å². The van der Waals surface area contributed by atoms with Gasteiger partial charge in [-0.3, -0.25) is 9.59 Å². The topological polar surface area (TPSA) is 59.1 Å². The van der Waals surface area contributed by atoms with Gasteiger partial charge in [0, 0.05) is 27.3 Å². The number of rotatable bonds is 9. The van der Waals surface area contributed by atoms with Crippen LogP contribution in [-0.2, 0) is 19.1 Å². The Morgan fingerprint density at radius 1 is 0.867 bits per heavy atom. The second kappa shape index (κ2) is 10.1. The van der Waals surface area contributed by atoms with Crippen molar-refractivity contribution >= 4 is 46.3 Å². The minimum absolute atomic E-state index is 0.148. The van der Waals surface area contributed by atoms with Crippen molar-refractivity contribution in [3.63, 3.8) is 0 Å². The Kier molecular flexibility index (Phi) is 7.50. The maximum Gasteiger partial charge on any atom is 0.282 e. The molecule has 0 N–H and O–H groups in total. The van der Waals surface area contributed by atoms with Gasteiger partial charge in [-0.2, -0.15) is 0 Å². The van der Waals surface area contributed by atoms with Crippen LogP contribution < -0.4 is 4.90 Å². The van der Waals surface area contributed by atoms with Gasteiger partial charge in [0.15, 0.2) is 0 Å². The number of carbonyl (C=O) groups is 2. The lowest BCUT2D eigenvalue weighted by Crippen LogP contribution is -2.37. The number of anilines is 1. The van der Waals surface area contributed by atoms with Gasteiger partial charge >= 0.3 is 0 Å². The van der Waals surface area contributed by atoms with Crippen LogP contribution in [0, 0.1) is 0 Å². The molecule has 2 amide bonds. The van der Waals surface area contributed by atoms with Crippen molar-refractivity contribution in [2.24, 2.45) is 0 Å². The Morgan fingerprint density at radius 2 is 1.50 bits per heavy atom. The largest absolute Gasteiger partial charge is 0.383 e. The summed E-state index contributed by atoms with van der Waals surface area (Å²) in [5.74, 6) is -0.916. The highest BCUT2D eigenvalue weighted by molar-refractivity contribution is 6.49. The van der Waals surface area contributed by atoms with Gasteiger partial charge in [-0.25, -0.2) is 4.90 Å². The second-order valence-corrected chi connectivity index (χ2v) is 7.37. The van der Waals surface area contributed by atoms with Gasteiger partial charge in [-0.05, 0) is 17.7 Å². The molecular weight excluding hydrogens is 427 g/mol. The van der Waals surface area contributed by atoms with Gasteiger partial charge in [0.2, 0.25) is 0 Å². The first-order valence-electron chi connectivity index (χ1n) is 9.36. The molecule has 2 aromatic carbocycles. The summed E-state index contributed by atoms with van der Waals surface area (Å²) in [6.45, 7) is 1.60. The van der Waals surface area contributed by atoms with Crippen molar-refractivity contribution in [1.82, 2.24) is 4.90 Å². The zero-order valence-corrected chi connectivity index (χ0v) is 18.2. The molecule has 0 saturated heterocycles. The van der Waals surface area contributed by atoms with Gasteiger partial charge in [-0.15, -0.1) is 0 Å². The van der Waals surface area contributed by atoms with Crippen LogP contribution in [0.5, 0.6) is 0 Å². The fraction of sp³-hybridized carbons (Fsp3) is 0.273. The number of hydrogen-bond donors (Lipinski definition) is 0. The highest BCUT2D eigenvalue weighted by atomic mass is 35.5. The van der Waals surface area contributed by atoms with E-state index in [1.807, 2.05) is 23.1 Å². The smallest absolute Gasteiger partial charge is 0.282 e. The first kappa shape index (κ1) is 22.3. The molecule has 1 heterocycles. The Hall–Kier alpha value is -2.38. The molecule has 0 bridgehead atoms. The number of halogens is 2. The van der Waals surface area contributed by atoms with Gasteiger partial charge < -0.3 is 14.4 Å². The molecule has 0 aliphatic carbocycles. The Labute approximate surface area is 185 Å². The van der Waals surface area contributed by atoms with E-state index in [1.165, 1.54) is 0 Å². The van der Waals surface area contributed by atoms with E-state index in [4.69, 9.17) is 32.7 Å². The van der Waals surface area contributed by atoms with Crippen LogP contribution in [0.25, 0.3) is 5.57 Å². The summed E-state index contributed by atoms with van der Waals surface area (Å²) in [5.41, 5.74) is 1.49. The van der Waals surface area contributed by atoms with Crippen LogP contribution in [-0.4, -0.2) is 57.2 Å². The Balaban J connectivity index is 2.14. The van der Waals surface area contributed by atoms with E-state index >= 15 is 0 Å². The summed E-state index contributed by atoms with van der Waals surface area (Å²) < 4.78 is 10.4. The normalized spacial score (nSPS) is 14.1. The van der Waals surface area contributed by atoms with Crippen molar-refractivity contribution in [3.8, 4) is 0 Å². The van der Waals surface area contributed by atoms with Gasteiger partial charge in [-0.1, -0.05) is 59.6 Å². The number of benzene rings is 2. The molecule has 3 rings (SSSR count). The fourth-order valence-corrected chi connectivity index (χ4v) is 3.68. The molecule has 1 aliphatic heterocycles. The molecule has 0 saturated carbocycles. The summed E-state index contributed by atoms with van der Waals surface area (Å²) in [6.07, 6.45) is 0. The van der Waals surface area contributed by atoms with Crippen LogP contribution in [0.3, 0.4) is 0 Å². The molecule has 6 nitrogen and oxygen atoms in total. The number of amides is 2. The van der Waals surface area contributed by atoms with E-state index in [0.717, 1.165) is 4.90 Å². The third kappa shape index (κ3) is 4.37. The van der Waals surface area contributed by atoms with Crippen LogP contribution >= 0.6 is 23.2 Å². The number of nitrogens with zero attached hydrogens (tertiary/aromatic N) is 2. The fourth-order valence-electron chi connectivity index (χ4n) is 3.30. The molecule has 0 radical (unpaired) electrons. The zero-order chi connectivity index (χ0) is 21.7. The summed E-state index contributed by atoms with van der Waals surface area (Å²) in [5, 5.41) is 0.412. The maximum absolute atomic E-state index is 13.6. The highest BCUT2D eigenvalue weighted by Crippen LogP contribution is 2.39. The van der Waals surface area contributed by atoms with Crippen LogP contribution in [0.2, 0.25) is 10.0 Å². The molecule has 1 aliphatic rings. The summed E-state index contributed by atoms with van der Waals surface area (Å²) in [6, 6.07) is 14.0. The summed E-state index contributed by atoms with van der Waals surface area (Å²) in [4.78, 5) is 29.9. The third-order valence-corrected chi connectivity index (χ3v) is 5.55. The van der Waals surface area contributed by atoms with Crippen molar-refractivity contribution < 1.29 is 19.1 Å². The third-order valence-electron chi connectivity index (χ3n) is 4.74. The van der Waals surface area contributed by atoms with E-state index in [2.05, 4.69) is 0 Å². The van der Waals surface area contributed by atoms with Gasteiger partial charge in [0.25, 0.3) is 11.8 Å². The van der Waals surface area contributed by atoms with Crippen molar-refractivity contribution in [2.75, 3.05) is 45.4 Å². The first-order chi connectivity index (χ1) is 14.5.